The first-order valence-corrected chi connectivity index (χ1v) is 8.27. The van der Waals surface area contributed by atoms with Crippen LogP contribution < -0.4 is 10.6 Å². The summed E-state index contributed by atoms with van der Waals surface area (Å²) in [6.45, 7) is 2.54. The van der Waals surface area contributed by atoms with Gasteiger partial charge >= 0.3 is 6.03 Å². The lowest BCUT2D eigenvalue weighted by Gasteiger charge is -2.09. The highest BCUT2D eigenvalue weighted by atomic mass is 16.2. The summed E-state index contributed by atoms with van der Waals surface area (Å²) in [4.78, 5) is 20.4. The first-order valence-electron chi connectivity index (χ1n) is 8.27. The molecule has 0 unspecified atom stereocenters. The molecule has 0 atom stereocenters. The average Bonchev–Trinajstić information content (AvgIpc) is 3.06. The van der Waals surface area contributed by atoms with Crippen LogP contribution in [0.25, 0.3) is 5.82 Å². The molecule has 25 heavy (non-hydrogen) atoms. The van der Waals surface area contributed by atoms with Crippen LogP contribution >= 0.6 is 0 Å². The van der Waals surface area contributed by atoms with E-state index in [1.54, 1.807) is 12.4 Å². The number of nitrogens with zero attached hydrogens (tertiary/aromatic N) is 3. The number of urea groups is 1. The number of amides is 2. The number of aryl methyl sites for hydroxylation is 2. The second-order valence-electron chi connectivity index (χ2n) is 5.72. The number of carbonyl (C=O) groups is 1. The Bertz CT molecular complexity index is 811. The third-order valence-electron chi connectivity index (χ3n) is 3.85. The predicted molar refractivity (Wildman–Crippen MR) is 97.9 cm³/mol. The highest BCUT2D eigenvalue weighted by Gasteiger charge is 2.04. The molecule has 0 aliphatic heterocycles. The maximum Gasteiger partial charge on any atom is 0.319 e. The number of imidazole rings is 1. The summed E-state index contributed by atoms with van der Waals surface area (Å²) in [6.07, 6.45) is 7.06. The number of rotatable bonds is 6. The molecule has 6 heteroatoms. The smallest absolute Gasteiger partial charge is 0.319 e. The largest absolute Gasteiger partial charge is 0.338 e. The summed E-state index contributed by atoms with van der Waals surface area (Å²) < 4.78 is 1.88. The Morgan fingerprint density at radius 1 is 1.12 bits per heavy atom. The molecule has 0 radical (unpaired) electrons. The van der Waals surface area contributed by atoms with Gasteiger partial charge in [-0.05, 0) is 37.5 Å². The predicted octanol–water partition coefficient (Wildman–Crippen LogP) is 3.33. The van der Waals surface area contributed by atoms with Crippen molar-refractivity contribution in [2.45, 2.75) is 19.8 Å². The van der Waals surface area contributed by atoms with E-state index in [1.807, 2.05) is 48.0 Å². The highest BCUT2D eigenvalue weighted by Crippen LogP contribution is 2.11. The van der Waals surface area contributed by atoms with E-state index in [0.29, 0.717) is 12.2 Å². The lowest BCUT2D eigenvalue weighted by Crippen LogP contribution is -2.29. The molecule has 0 saturated heterocycles. The molecule has 1 aromatic carbocycles. The van der Waals surface area contributed by atoms with Crippen molar-refractivity contribution in [1.82, 2.24) is 19.9 Å². The molecule has 0 saturated carbocycles. The Kier molecular flexibility index (Phi) is 5.41. The van der Waals surface area contributed by atoms with Crippen molar-refractivity contribution in [3.05, 3.63) is 72.4 Å². The van der Waals surface area contributed by atoms with Crippen molar-refractivity contribution in [2.24, 2.45) is 0 Å². The van der Waals surface area contributed by atoms with Gasteiger partial charge in [-0.15, -0.1) is 0 Å². The van der Waals surface area contributed by atoms with Gasteiger partial charge in [0.15, 0.2) is 0 Å². The molecule has 3 rings (SSSR count). The Hall–Kier alpha value is -3.15. The number of nitrogens with one attached hydrogen (secondary N) is 2. The van der Waals surface area contributed by atoms with Crippen molar-refractivity contribution < 1.29 is 4.79 Å². The number of hydrogen-bond donors (Lipinski definition) is 2. The molecule has 0 fully saturated rings. The molecule has 2 N–H and O–H groups in total. The first kappa shape index (κ1) is 16.7. The van der Waals surface area contributed by atoms with Gasteiger partial charge in [-0.25, -0.2) is 14.8 Å². The van der Waals surface area contributed by atoms with Crippen molar-refractivity contribution >= 4 is 11.7 Å². The normalized spacial score (nSPS) is 10.4. The van der Waals surface area contributed by atoms with Crippen molar-refractivity contribution in [2.75, 3.05) is 11.9 Å². The maximum absolute atomic E-state index is 11.9. The number of aromatic nitrogens is 3. The number of pyridine rings is 1. The molecule has 128 valence electrons. The second-order valence-corrected chi connectivity index (χ2v) is 5.72. The third-order valence-corrected chi connectivity index (χ3v) is 3.85. The van der Waals surface area contributed by atoms with Gasteiger partial charge in [0.2, 0.25) is 0 Å². The molecular formula is C19H21N5O. The van der Waals surface area contributed by atoms with Gasteiger partial charge in [-0.1, -0.05) is 30.3 Å². The van der Waals surface area contributed by atoms with E-state index in [4.69, 9.17) is 0 Å². The summed E-state index contributed by atoms with van der Waals surface area (Å²) in [7, 11) is 0. The Morgan fingerprint density at radius 3 is 2.64 bits per heavy atom. The number of benzene rings is 1. The first-order chi connectivity index (χ1) is 12.2. The van der Waals surface area contributed by atoms with E-state index in [2.05, 4.69) is 32.7 Å². The fourth-order valence-electron chi connectivity index (χ4n) is 2.54. The molecule has 2 amide bonds. The van der Waals surface area contributed by atoms with Gasteiger partial charge in [-0.3, -0.25) is 4.57 Å². The number of hydrogen-bond acceptors (Lipinski definition) is 3. The molecule has 6 nitrogen and oxygen atoms in total. The maximum atomic E-state index is 11.9. The van der Waals surface area contributed by atoms with Crippen LogP contribution in [0.3, 0.4) is 0 Å². The van der Waals surface area contributed by atoms with Crippen LogP contribution in [0.4, 0.5) is 10.5 Å². The van der Waals surface area contributed by atoms with Gasteiger partial charge in [0, 0.05) is 18.9 Å². The standard InChI is InChI=1S/C19H21N5O/c1-15-20-12-13-24(15)18-10-9-17(14-22-18)23-19(25)21-11-5-8-16-6-3-2-4-7-16/h2-4,6-7,9-10,12-14H,5,8,11H2,1H3,(H2,21,23,25). The summed E-state index contributed by atoms with van der Waals surface area (Å²) >= 11 is 0. The van der Waals surface area contributed by atoms with Crippen molar-refractivity contribution in [3.63, 3.8) is 0 Å². The van der Waals surface area contributed by atoms with E-state index in [9.17, 15) is 4.79 Å². The van der Waals surface area contributed by atoms with E-state index in [1.165, 1.54) is 5.56 Å². The lowest BCUT2D eigenvalue weighted by molar-refractivity contribution is 0.252. The minimum Gasteiger partial charge on any atom is -0.338 e. The Labute approximate surface area is 146 Å². The van der Waals surface area contributed by atoms with Crippen LogP contribution in [-0.2, 0) is 6.42 Å². The number of carbonyl (C=O) groups excluding carboxylic acids is 1. The zero-order valence-corrected chi connectivity index (χ0v) is 14.1. The summed E-state index contributed by atoms with van der Waals surface area (Å²) in [5, 5.41) is 5.65. The van der Waals surface area contributed by atoms with Crippen LogP contribution in [0.2, 0.25) is 0 Å². The molecule has 0 aliphatic carbocycles. The fourth-order valence-corrected chi connectivity index (χ4v) is 2.54. The van der Waals surface area contributed by atoms with Gasteiger partial charge in [0.1, 0.15) is 11.6 Å². The van der Waals surface area contributed by atoms with E-state index in [-0.39, 0.29) is 6.03 Å². The highest BCUT2D eigenvalue weighted by molar-refractivity contribution is 5.89. The summed E-state index contributed by atoms with van der Waals surface area (Å²) in [6, 6.07) is 13.7. The molecule has 0 aliphatic rings. The average molecular weight is 335 g/mol. The van der Waals surface area contributed by atoms with Gasteiger partial charge in [0.25, 0.3) is 0 Å². The van der Waals surface area contributed by atoms with Crippen LogP contribution in [-0.4, -0.2) is 27.1 Å². The molecule has 2 heterocycles. The Balaban J connectivity index is 1.44. The summed E-state index contributed by atoms with van der Waals surface area (Å²) in [5.74, 6) is 1.63. The quantitative estimate of drug-likeness (QED) is 0.679. The van der Waals surface area contributed by atoms with Crippen LogP contribution in [0.5, 0.6) is 0 Å². The van der Waals surface area contributed by atoms with Crippen LogP contribution in [0.15, 0.2) is 61.1 Å². The topological polar surface area (TPSA) is 71.8 Å². The molecule has 3 aromatic rings. The minimum atomic E-state index is -0.221. The van der Waals surface area contributed by atoms with Crippen LogP contribution in [0.1, 0.15) is 17.8 Å². The van der Waals surface area contributed by atoms with E-state index in [0.717, 1.165) is 24.5 Å². The molecule has 0 spiro atoms. The molecule has 0 bridgehead atoms. The van der Waals surface area contributed by atoms with Crippen molar-refractivity contribution in [1.29, 1.82) is 0 Å². The molecular weight excluding hydrogens is 314 g/mol. The second kappa shape index (κ2) is 8.10. The van der Waals surface area contributed by atoms with Gasteiger partial charge < -0.3 is 10.6 Å². The van der Waals surface area contributed by atoms with E-state index >= 15 is 0 Å². The third kappa shape index (κ3) is 4.67. The van der Waals surface area contributed by atoms with E-state index < -0.39 is 0 Å². The zero-order chi connectivity index (χ0) is 17.5. The van der Waals surface area contributed by atoms with Gasteiger partial charge in [0.05, 0.1) is 11.9 Å². The minimum absolute atomic E-state index is 0.221. The lowest BCUT2D eigenvalue weighted by atomic mass is 10.1. The molecule has 2 aromatic heterocycles. The SMILES string of the molecule is Cc1nccn1-c1ccc(NC(=O)NCCCc2ccccc2)cn1. The van der Waals surface area contributed by atoms with Crippen molar-refractivity contribution in [3.8, 4) is 5.82 Å². The van der Waals surface area contributed by atoms with Gasteiger partial charge in [-0.2, -0.15) is 0 Å². The number of anilines is 1. The fraction of sp³-hybridized carbons (Fsp3) is 0.211. The zero-order valence-electron chi connectivity index (χ0n) is 14.1. The summed E-state index contributed by atoms with van der Waals surface area (Å²) in [5.41, 5.74) is 1.93. The monoisotopic (exact) mass is 335 g/mol. The van der Waals surface area contributed by atoms with Crippen LogP contribution in [0, 0.1) is 6.92 Å². The Morgan fingerprint density at radius 2 is 1.96 bits per heavy atom.